The standard InChI is InChI=1S/C19H32N4O3.HI/c1-4-25-14-8-12-20-19(22-16-18(24)23(2)3)21-13-9-15-26-17-10-6-5-7-11-17;/h5-7,10-11H,4,8-9,12-16H2,1-3H3,(H2,20,21,22);1H. The summed E-state index contributed by atoms with van der Waals surface area (Å²) < 4.78 is 11.0. The molecule has 0 unspecified atom stereocenters. The zero-order valence-electron chi connectivity index (χ0n) is 16.6. The number of amides is 1. The summed E-state index contributed by atoms with van der Waals surface area (Å²) in [5.41, 5.74) is 0. The minimum absolute atomic E-state index is 0. The first kappa shape index (κ1) is 25.4. The lowest BCUT2D eigenvalue weighted by molar-refractivity contribution is -0.127. The molecule has 8 heteroatoms. The maximum atomic E-state index is 11.7. The van der Waals surface area contributed by atoms with Crippen molar-refractivity contribution in [3.63, 3.8) is 0 Å². The molecule has 0 aliphatic rings. The third kappa shape index (κ3) is 13.3. The normalized spacial score (nSPS) is 10.7. The molecule has 0 aliphatic carbocycles. The van der Waals surface area contributed by atoms with Gasteiger partial charge in [-0.05, 0) is 31.9 Å². The van der Waals surface area contributed by atoms with Crippen molar-refractivity contribution in [3.8, 4) is 5.75 Å². The summed E-state index contributed by atoms with van der Waals surface area (Å²) in [4.78, 5) is 17.6. The number of carbonyl (C=O) groups excluding carboxylic acids is 1. The van der Waals surface area contributed by atoms with E-state index in [0.29, 0.717) is 25.7 Å². The second-order valence-electron chi connectivity index (χ2n) is 5.87. The molecule has 0 radical (unpaired) electrons. The first-order valence-electron chi connectivity index (χ1n) is 9.11. The van der Waals surface area contributed by atoms with E-state index >= 15 is 0 Å². The summed E-state index contributed by atoms with van der Waals surface area (Å²) in [7, 11) is 3.45. The summed E-state index contributed by atoms with van der Waals surface area (Å²) >= 11 is 0. The number of rotatable bonds is 12. The number of likely N-dealkylation sites (N-methyl/N-ethyl adjacent to an activating group) is 1. The second-order valence-corrected chi connectivity index (χ2v) is 5.87. The van der Waals surface area contributed by atoms with E-state index in [1.165, 1.54) is 4.90 Å². The summed E-state index contributed by atoms with van der Waals surface area (Å²) in [5.74, 6) is 1.47. The van der Waals surface area contributed by atoms with Crippen LogP contribution in [0, 0.1) is 0 Å². The average Bonchev–Trinajstić information content (AvgIpc) is 2.65. The van der Waals surface area contributed by atoms with E-state index in [-0.39, 0.29) is 36.4 Å². The van der Waals surface area contributed by atoms with Crippen LogP contribution < -0.4 is 15.4 Å². The van der Waals surface area contributed by atoms with Gasteiger partial charge in [0.25, 0.3) is 0 Å². The first-order valence-corrected chi connectivity index (χ1v) is 9.11. The van der Waals surface area contributed by atoms with Gasteiger partial charge < -0.3 is 25.0 Å². The molecule has 27 heavy (non-hydrogen) atoms. The Hall–Kier alpha value is -1.55. The summed E-state index contributed by atoms with van der Waals surface area (Å²) in [6.45, 7) is 5.59. The Labute approximate surface area is 179 Å². The molecule has 0 fully saturated rings. The van der Waals surface area contributed by atoms with E-state index in [1.807, 2.05) is 37.3 Å². The highest BCUT2D eigenvalue weighted by atomic mass is 127. The van der Waals surface area contributed by atoms with E-state index in [4.69, 9.17) is 9.47 Å². The van der Waals surface area contributed by atoms with Crippen molar-refractivity contribution in [3.05, 3.63) is 30.3 Å². The molecule has 1 aromatic carbocycles. The minimum Gasteiger partial charge on any atom is -0.494 e. The molecule has 1 aromatic rings. The van der Waals surface area contributed by atoms with Crippen LogP contribution in [0.1, 0.15) is 19.8 Å². The highest BCUT2D eigenvalue weighted by Crippen LogP contribution is 2.07. The smallest absolute Gasteiger partial charge is 0.243 e. The fourth-order valence-electron chi connectivity index (χ4n) is 1.97. The average molecular weight is 492 g/mol. The van der Waals surface area contributed by atoms with Gasteiger partial charge in [0.15, 0.2) is 5.96 Å². The van der Waals surface area contributed by atoms with E-state index in [9.17, 15) is 4.79 Å². The van der Waals surface area contributed by atoms with Crippen LogP contribution in [0.2, 0.25) is 0 Å². The van der Waals surface area contributed by atoms with Crippen LogP contribution in [0.4, 0.5) is 0 Å². The van der Waals surface area contributed by atoms with Crippen molar-refractivity contribution in [1.29, 1.82) is 0 Å². The number of nitrogens with zero attached hydrogens (tertiary/aromatic N) is 2. The van der Waals surface area contributed by atoms with Crippen molar-refractivity contribution in [1.82, 2.24) is 15.5 Å². The topological polar surface area (TPSA) is 75.2 Å². The van der Waals surface area contributed by atoms with Crippen molar-refractivity contribution < 1.29 is 14.3 Å². The van der Waals surface area contributed by atoms with Crippen LogP contribution >= 0.6 is 24.0 Å². The molecule has 0 bridgehead atoms. The zero-order valence-corrected chi connectivity index (χ0v) is 18.9. The predicted molar refractivity (Wildman–Crippen MR) is 120 cm³/mol. The quantitative estimate of drug-likeness (QED) is 0.203. The molecule has 7 nitrogen and oxygen atoms in total. The Morgan fingerprint density at radius 3 is 2.30 bits per heavy atom. The Bertz CT molecular complexity index is 527. The van der Waals surface area contributed by atoms with Crippen LogP contribution in [0.5, 0.6) is 5.75 Å². The lowest BCUT2D eigenvalue weighted by Crippen LogP contribution is -2.40. The van der Waals surface area contributed by atoms with Gasteiger partial charge in [0.2, 0.25) is 5.91 Å². The number of carbonyl (C=O) groups is 1. The third-order valence-corrected chi connectivity index (χ3v) is 3.46. The third-order valence-electron chi connectivity index (χ3n) is 3.46. The number of benzene rings is 1. The number of hydrogen-bond donors (Lipinski definition) is 2. The molecule has 0 spiro atoms. The van der Waals surface area contributed by atoms with Gasteiger partial charge in [0.1, 0.15) is 12.3 Å². The number of halogens is 1. The second kappa shape index (κ2) is 16.6. The molecule has 1 rings (SSSR count). The number of nitrogens with one attached hydrogen (secondary N) is 2. The Balaban J connectivity index is 0.00000676. The molecule has 1 amide bonds. The predicted octanol–water partition coefficient (Wildman–Crippen LogP) is 2.12. The fraction of sp³-hybridized carbons (Fsp3) is 0.579. The number of ether oxygens (including phenoxy) is 2. The Morgan fingerprint density at radius 2 is 1.70 bits per heavy atom. The largest absolute Gasteiger partial charge is 0.494 e. The monoisotopic (exact) mass is 492 g/mol. The Morgan fingerprint density at radius 1 is 1.07 bits per heavy atom. The van der Waals surface area contributed by atoms with Gasteiger partial charge in [-0.25, -0.2) is 4.99 Å². The summed E-state index contributed by atoms with van der Waals surface area (Å²) in [6.07, 6.45) is 1.71. The fourth-order valence-corrected chi connectivity index (χ4v) is 1.97. The van der Waals surface area contributed by atoms with E-state index in [1.54, 1.807) is 14.1 Å². The van der Waals surface area contributed by atoms with Gasteiger partial charge >= 0.3 is 0 Å². The van der Waals surface area contributed by atoms with Crippen molar-refractivity contribution in [2.24, 2.45) is 4.99 Å². The van der Waals surface area contributed by atoms with Gasteiger partial charge in [-0.3, -0.25) is 4.79 Å². The molecule has 0 saturated carbocycles. The molecule has 2 N–H and O–H groups in total. The van der Waals surface area contributed by atoms with E-state index in [2.05, 4.69) is 15.6 Å². The molecular weight excluding hydrogens is 459 g/mol. The maximum absolute atomic E-state index is 11.7. The van der Waals surface area contributed by atoms with Crippen molar-refractivity contribution in [2.45, 2.75) is 19.8 Å². The molecule has 0 atom stereocenters. The number of hydrogen-bond acceptors (Lipinski definition) is 4. The molecule has 0 saturated heterocycles. The van der Waals surface area contributed by atoms with Gasteiger partial charge in [0.05, 0.1) is 6.61 Å². The molecular formula is C19H33IN4O3. The van der Waals surface area contributed by atoms with Crippen LogP contribution in [0.15, 0.2) is 35.3 Å². The highest BCUT2D eigenvalue weighted by Gasteiger charge is 2.04. The molecule has 154 valence electrons. The molecule has 0 aliphatic heterocycles. The van der Waals surface area contributed by atoms with Crippen LogP contribution in [-0.2, 0) is 9.53 Å². The molecule has 0 heterocycles. The summed E-state index contributed by atoms with van der Waals surface area (Å²) in [6, 6.07) is 9.74. The zero-order chi connectivity index (χ0) is 19.0. The number of guanidine groups is 1. The van der Waals surface area contributed by atoms with Crippen LogP contribution in [0.25, 0.3) is 0 Å². The van der Waals surface area contributed by atoms with Crippen LogP contribution in [-0.4, -0.2) is 70.3 Å². The van der Waals surface area contributed by atoms with E-state index < -0.39 is 0 Å². The Kier molecular flexibility index (Phi) is 15.7. The SMILES string of the molecule is CCOCCCNC(=NCC(=O)N(C)C)NCCCOc1ccccc1.I. The number of para-hydroxylation sites is 1. The number of aliphatic imine (C=N–C) groups is 1. The lowest BCUT2D eigenvalue weighted by atomic mass is 10.3. The minimum atomic E-state index is -0.0344. The highest BCUT2D eigenvalue weighted by molar-refractivity contribution is 14.0. The van der Waals surface area contributed by atoms with Gasteiger partial charge in [0, 0.05) is 40.4 Å². The lowest BCUT2D eigenvalue weighted by Gasteiger charge is -2.14. The van der Waals surface area contributed by atoms with Gasteiger partial charge in [-0.1, -0.05) is 18.2 Å². The van der Waals surface area contributed by atoms with Crippen molar-refractivity contribution in [2.75, 3.05) is 53.6 Å². The first-order chi connectivity index (χ1) is 12.6. The van der Waals surface area contributed by atoms with Crippen molar-refractivity contribution >= 4 is 35.8 Å². The van der Waals surface area contributed by atoms with Crippen LogP contribution in [0.3, 0.4) is 0 Å². The molecule has 0 aromatic heterocycles. The summed E-state index contributed by atoms with van der Waals surface area (Å²) in [5, 5.41) is 6.47. The maximum Gasteiger partial charge on any atom is 0.243 e. The van der Waals surface area contributed by atoms with E-state index in [0.717, 1.165) is 31.7 Å². The van der Waals surface area contributed by atoms with Gasteiger partial charge in [-0.15, -0.1) is 24.0 Å². The van der Waals surface area contributed by atoms with Gasteiger partial charge in [-0.2, -0.15) is 0 Å².